The number of allylic oxidation sites excluding steroid dienone is 1. The Morgan fingerprint density at radius 1 is 0.972 bits per heavy atom. The summed E-state index contributed by atoms with van der Waals surface area (Å²) in [6, 6.07) is 0. The van der Waals surface area contributed by atoms with Crippen LogP contribution in [-0.2, 0) is 9.53 Å². The predicted octanol–water partition coefficient (Wildman–Crippen LogP) is 9.91. The van der Waals surface area contributed by atoms with E-state index in [4.69, 9.17) is 4.74 Å². The Balaban J connectivity index is 1.36. The molecule has 3 fully saturated rings. The number of carbonyl (C=O) groups excluding carboxylic acids is 1. The van der Waals surface area contributed by atoms with Crippen LogP contribution >= 0.6 is 0 Å². The lowest BCUT2D eigenvalue weighted by molar-refractivity contribution is -0.151. The van der Waals surface area contributed by atoms with Crippen LogP contribution in [0.5, 0.6) is 0 Å². The predicted molar refractivity (Wildman–Crippen MR) is 152 cm³/mol. The van der Waals surface area contributed by atoms with Gasteiger partial charge < -0.3 is 4.74 Å². The van der Waals surface area contributed by atoms with Crippen LogP contribution in [-0.4, -0.2) is 12.1 Å². The summed E-state index contributed by atoms with van der Waals surface area (Å²) >= 11 is 0. The lowest BCUT2D eigenvalue weighted by Gasteiger charge is -2.58. The average Bonchev–Trinajstić information content (AvgIpc) is 3.19. The molecule has 0 radical (unpaired) electrons. The summed E-state index contributed by atoms with van der Waals surface area (Å²) in [6.45, 7) is 14.8. The van der Waals surface area contributed by atoms with Gasteiger partial charge in [0.15, 0.2) is 0 Å². The maximum absolute atomic E-state index is 12.4. The second-order valence-corrected chi connectivity index (χ2v) is 14.5. The van der Waals surface area contributed by atoms with Gasteiger partial charge in [0.05, 0.1) is 0 Å². The lowest BCUT2D eigenvalue weighted by Crippen LogP contribution is -2.51. The number of fused-ring (bicyclic) bond motifs is 5. The minimum atomic E-state index is 0.0435. The Kier molecular flexibility index (Phi) is 9.36. The molecule has 0 unspecified atom stereocenters. The van der Waals surface area contributed by atoms with Crippen molar-refractivity contribution in [1.29, 1.82) is 0 Å². The Labute approximate surface area is 223 Å². The number of esters is 1. The molecular formula is C34H58O2. The normalized spacial score (nSPS) is 38.6. The van der Waals surface area contributed by atoms with Crippen LogP contribution in [0, 0.1) is 46.3 Å². The Morgan fingerprint density at radius 2 is 1.78 bits per heavy atom. The molecule has 206 valence electrons. The molecule has 0 aliphatic heterocycles. The summed E-state index contributed by atoms with van der Waals surface area (Å²) in [4.78, 5) is 12.4. The van der Waals surface area contributed by atoms with E-state index >= 15 is 0 Å². The van der Waals surface area contributed by atoms with Gasteiger partial charge in [0.2, 0.25) is 0 Å². The number of rotatable bonds is 11. The summed E-state index contributed by atoms with van der Waals surface area (Å²) in [5.74, 6) is 5.34. The maximum Gasteiger partial charge on any atom is 0.306 e. The molecule has 4 aliphatic carbocycles. The second-order valence-electron chi connectivity index (χ2n) is 14.5. The summed E-state index contributed by atoms with van der Waals surface area (Å²) < 4.78 is 5.99. The maximum atomic E-state index is 12.4. The number of ether oxygens (including phenoxy) is 1. The van der Waals surface area contributed by atoms with Gasteiger partial charge in [-0.25, -0.2) is 0 Å². The Bertz CT molecular complexity index is 767. The number of unbranched alkanes of at least 4 members (excludes halogenated alkanes) is 3. The largest absolute Gasteiger partial charge is 0.462 e. The zero-order valence-corrected chi connectivity index (χ0v) is 24.7. The van der Waals surface area contributed by atoms with Crippen LogP contribution in [0.4, 0.5) is 0 Å². The van der Waals surface area contributed by atoms with Crippen molar-refractivity contribution in [3.8, 4) is 0 Å². The van der Waals surface area contributed by atoms with E-state index in [1.807, 2.05) is 0 Å². The fourth-order valence-corrected chi connectivity index (χ4v) is 9.69. The quantitative estimate of drug-likeness (QED) is 0.161. The molecule has 0 aromatic carbocycles. The number of carbonyl (C=O) groups is 1. The molecule has 0 saturated heterocycles. The molecule has 0 aromatic rings. The first kappa shape index (κ1) is 28.2. The summed E-state index contributed by atoms with van der Waals surface area (Å²) in [5, 5.41) is 0. The molecule has 0 heterocycles. The third-order valence-electron chi connectivity index (χ3n) is 11.8. The monoisotopic (exact) mass is 498 g/mol. The molecule has 0 amide bonds. The SMILES string of the molecule is CCCCCCC(=O)O[C@@H]1CC[C@@]2(C)C(=CC[C@H]3[C@@H]4CC[C@H]([C@@H](C)CCCC(C)C)[C@@]4(C)CC[C@@H]32)C1. The molecular weight excluding hydrogens is 440 g/mol. The summed E-state index contributed by atoms with van der Waals surface area (Å²) in [5.41, 5.74) is 2.54. The van der Waals surface area contributed by atoms with E-state index in [0.29, 0.717) is 17.3 Å². The van der Waals surface area contributed by atoms with Gasteiger partial charge in [0, 0.05) is 12.8 Å². The molecule has 8 atom stereocenters. The fraction of sp³-hybridized carbons (Fsp3) is 0.912. The highest BCUT2D eigenvalue weighted by atomic mass is 16.5. The van der Waals surface area contributed by atoms with Crippen molar-refractivity contribution < 1.29 is 9.53 Å². The zero-order chi connectivity index (χ0) is 25.9. The van der Waals surface area contributed by atoms with Gasteiger partial charge in [-0.3, -0.25) is 4.79 Å². The first-order valence-corrected chi connectivity index (χ1v) is 16.1. The second kappa shape index (κ2) is 11.9. The molecule has 0 spiro atoms. The van der Waals surface area contributed by atoms with E-state index in [1.165, 1.54) is 70.6 Å². The van der Waals surface area contributed by atoms with Crippen LogP contribution in [0.1, 0.15) is 144 Å². The highest BCUT2D eigenvalue weighted by molar-refractivity contribution is 5.69. The van der Waals surface area contributed by atoms with Gasteiger partial charge >= 0.3 is 5.97 Å². The molecule has 3 saturated carbocycles. The van der Waals surface area contributed by atoms with Crippen LogP contribution in [0.15, 0.2) is 11.6 Å². The molecule has 2 heteroatoms. The van der Waals surface area contributed by atoms with Gasteiger partial charge in [-0.2, -0.15) is 0 Å². The summed E-state index contributed by atoms with van der Waals surface area (Å²) in [7, 11) is 0. The summed E-state index contributed by atoms with van der Waals surface area (Å²) in [6.07, 6.45) is 22.5. The molecule has 36 heavy (non-hydrogen) atoms. The van der Waals surface area contributed by atoms with Crippen LogP contribution in [0.2, 0.25) is 0 Å². The fourth-order valence-electron chi connectivity index (χ4n) is 9.69. The zero-order valence-electron chi connectivity index (χ0n) is 24.7. The third-order valence-corrected chi connectivity index (χ3v) is 11.8. The van der Waals surface area contributed by atoms with E-state index in [0.717, 1.165) is 61.2 Å². The van der Waals surface area contributed by atoms with Crippen molar-refractivity contribution in [2.75, 3.05) is 0 Å². The molecule has 0 N–H and O–H groups in total. The Morgan fingerprint density at radius 3 is 2.53 bits per heavy atom. The van der Waals surface area contributed by atoms with Crippen LogP contribution < -0.4 is 0 Å². The van der Waals surface area contributed by atoms with Gasteiger partial charge in [0.1, 0.15) is 6.10 Å². The van der Waals surface area contributed by atoms with Gasteiger partial charge in [-0.1, -0.05) is 91.7 Å². The van der Waals surface area contributed by atoms with E-state index in [-0.39, 0.29) is 12.1 Å². The van der Waals surface area contributed by atoms with Crippen LogP contribution in [0.3, 0.4) is 0 Å². The standard InChI is InChI=1S/C34H58O2/c1-7-8-9-10-14-32(35)36-27-19-21-33(5)26(23-27)15-16-28-30-18-17-29(25(4)13-11-12-24(2)3)34(30,6)22-20-31(28)33/h15,24-25,27-31H,7-14,16-23H2,1-6H3/t25-,27+,28-,29+,30-,31-,33-,34+/m0/s1. The highest BCUT2D eigenvalue weighted by Gasteiger charge is 2.59. The Hall–Kier alpha value is -0.790. The minimum Gasteiger partial charge on any atom is -0.462 e. The van der Waals surface area contributed by atoms with E-state index in [9.17, 15) is 4.79 Å². The van der Waals surface area contributed by atoms with E-state index < -0.39 is 0 Å². The average molecular weight is 499 g/mol. The van der Waals surface area contributed by atoms with Gasteiger partial charge in [-0.15, -0.1) is 0 Å². The first-order chi connectivity index (χ1) is 17.2. The van der Waals surface area contributed by atoms with Gasteiger partial charge in [-0.05, 0) is 97.7 Å². The molecule has 4 rings (SSSR count). The van der Waals surface area contributed by atoms with E-state index in [2.05, 4.69) is 47.6 Å². The molecule has 4 aliphatic rings. The molecule has 0 bridgehead atoms. The highest BCUT2D eigenvalue weighted by Crippen LogP contribution is 2.67. The van der Waals surface area contributed by atoms with Crippen molar-refractivity contribution in [3.05, 3.63) is 11.6 Å². The third kappa shape index (κ3) is 5.78. The van der Waals surface area contributed by atoms with Crippen molar-refractivity contribution in [2.45, 2.75) is 150 Å². The number of hydrogen-bond acceptors (Lipinski definition) is 2. The van der Waals surface area contributed by atoms with Gasteiger partial charge in [0.25, 0.3) is 0 Å². The van der Waals surface area contributed by atoms with Crippen molar-refractivity contribution >= 4 is 5.97 Å². The van der Waals surface area contributed by atoms with Crippen molar-refractivity contribution in [2.24, 2.45) is 46.3 Å². The van der Waals surface area contributed by atoms with Crippen LogP contribution in [0.25, 0.3) is 0 Å². The topological polar surface area (TPSA) is 26.3 Å². The lowest BCUT2D eigenvalue weighted by atomic mass is 9.47. The minimum absolute atomic E-state index is 0.0435. The molecule has 2 nitrogen and oxygen atoms in total. The van der Waals surface area contributed by atoms with E-state index in [1.54, 1.807) is 5.57 Å². The first-order valence-electron chi connectivity index (χ1n) is 16.1. The molecule has 0 aromatic heterocycles. The van der Waals surface area contributed by atoms with Crippen molar-refractivity contribution in [3.63, 3.8) is 0 Å². The van der Waals surface area contributed by atoms with Crippen molar-refractivity contribution in [1.82, 2.24) is 0 Å². The number of hydrogen-bond donors (Lipinski definition) is 0. The smallest absolute Gasteiger partial charge is 0.306 e.